The molecule has 5 rings (SSSR count). The first-order valence-corrected chi connectivity index (χ1v) is 14.8. The van der Waals surface area contributed by atoms with Crippen molar-refractivity contribution in [2.75, 3.05) is 0 Å². The van der Waals surface area contributed by atoms with Crippen LogP contribution in [0.15, 0.2) is 109 Å². The van der Waals surface area contributed by atoms with Crippen molar-refractivity contribution in [1.82, 2.24) is 0 Å². The Kier molecular flexibility index (Phi) is 9.93. The Balaban J connectivity index is 1.52. The molecule has 0 saturated heterocycles. The van der Waals surface area contributed by atoms with E-state index in [0.717, 1.165) is 44.5 Å². The minimum absolute atomic E-state index is 0.207. The van der Waals surface area contributed by atoms with Crippen molar-refractivity contribution in [1.29, 1.82) is 0 Å². The highest BCUT2D eigenvalue weighted by molar-refractivity contribution is 5.90. The first-order valence-electron chi connectivity index (χ1n) is 14.8. The van der Waals surface area contributed by atoms with Crippen molar-refractivity contribution in [2.24, 2.45) is 0 Å². The Morgan fingerprint density at radius 1 is 0.674 bits per heavy atom. The number of hydrogen-bond acceptors (Lipinski definition) is 6. The molecule has 0 amide bonds. The standard InChI is InChI=1S/C39H34O7/c1-25-14-16-32(21-34(25)36-26(2)18-31(39(42)43)19-27(36)3)44-22-28-15-17-33(37(45-23-40)29-10-6-4-7-11-29)35(20-28)38(46-24-41)30-12-8-5-9-13-30/h4-21,23-24,37-38H,22H2,1-3H3,(H,42,43). The fourth-order valence-electron chi connectivity index (χ4n) is 5.85. The normalized spacial score (nSPS) is 12.1. The van der Waals surface area contributed by atoms with Crippen LogP contribution in [0.1, 0.15) is 67.1 Å². The predicted molar refractivity (Wildman–Crippen MR) is 175 cm³/mol. The van der Waals surface area contributed by atoms with Gasteiger partial charge in [-0.1, -0.05) is 78.9 Å². The number of aryl methyl sites for hydroxylation is 3. The third kappa shape index (κ3) is 7.00. The van der Waals surface area contributed by atoms with Gasteiger partial charge in [0.15, 0.2) is 12.2 Å². The molecule has 0 radical (unpaired) electrons. The SMILES string of the molecule is Cc1ccc(OCc2ccc(C(OC=O)c3ccccc3)c(C(OC=O)c3ccccc3)c2)cc1-c1c(C)cc(C(=O)O)cc1C. The molecule has 0 aliphatic rings. The number of hydrogen-bond donors (Lipinski definition) is 1. The molecule has 5 aromatic carbocycles. The van der Waals surface area contributed by atoms with Crippen LogP contribution in [-0.2, 0) is 25.7 Å². The molecular weight excluding hydrogens is 580 g/mol. The van der Waals surface area contributed by atoms with Gasteiger partial charge in [-0.2, -0.15) is 0 Å². The molecule has 5 aromatic rings. The highest BCUT2D eigenvalue weighted by Crippen LogP contribution is 2.37. The number of carbonyl (C=O) groups is 3. The molecule has 0 aliphatic heterocycles. The topological polar surface area (TPSA) is 99.1 Å². The first-order chi connectivity index (χ1) is 22.3. The van der Waals surface area contributed by atoms with Crippen LogP contribution in [0.25, 0.3) is 11.1 Å². The number of aromatic carboxylic acids is 1. The van der Waals surface area contributed by atoms with Gasteiger partial charge in [0.05, 0.1) is 5.56 Å². The van der Waals surface area contributed by atoms with E-state index in [9.17, 15) is 19.5 Å². The number of carbonyl (C=O) groups excluding carboxylic acids is 2. The van der Waals surface area contributed by atoms with Crippen LogP contribution in [0.2, 0.25) is 0 Å². The maximum absolute atomic E-state index is 11.7. The maximum Gasteiger partial charge on any atom is 0.335 e. The van der Waals surface area contributed by atoms with Crippen LogP contribution in [0, 0.1) is 20.8 Å². The molecular formula is C39H34O7. The van der Waals surface area contributed by atoms with Gasteiger partial charge in [-0.15, -0.1) is 0 Å². The van der Waals surface area contributed by atoms with Crippen molar-refractivity contribution >= 4 is 18.9 Å². The minimum atomic E-state index is -0.960. The first kappa shape index (κ1) is 31.7. The summed E-state index contributed by atoms with van der Waals surface area (Å²) in [5, 5.41) is 9.49. The van der Waals surface area contributed by atoms with Crippen molar-refractivity contribution in [3.8, 4) is 16.9 Å². The van der Waals surface area contributed by atoms with E-state index in [-0.39, 0.29) is 12.2 Å². The van der Waals surface area contributed by atoms with E-state index < -0.39 is 18.2 Å². The van der Waals surface area contributed by atoms with Crippen molar-refractivity contribution in [3.05, 3.63) is 159 Å². The smallest absolute Gasteiger partial charge is 0.335 e. The van der Waals surface area contributed by atoms with Crippen LogP contribution < -0.4 is 4.74 Å². The van der Waals surface area contributed by atoms with Gasteiger partial charge in [0, 0.05) is 11.1 Å². The third-order valence-electron chi connectivity index (χ3n) is 7.97. The molecule has 0 spiro atoms. The quantitative estimate of drug-likeness (QED) is 0.134. The number of carboxylic acids is 1. The lowest BCUT2D eigenvalue weighted by atomic mass is 9.89. The zero-order chi connectivity index (χ0) is 32.6. The van der Waals surface area contributed by atoms with Crippen LogP contribution in [0.4, 0.5) is 0 Å². The monoisotopic (exact) mass is 614 g/mol. The molecule has 7 nitrogen and oxygen atoms in total. The summed E-state index contributed by atoms with van der Waals surface area (Å²) in [4.78, 5) is 35.0. The van der Waals surface area contributed by atoms with E-state index in [4.69, 9.17) is 14.2 Å². The second kappa shape index (κ2) is 14.4. The summed E-state index contributed by atoms with van der Waals surface area (Å²) in [6.07, 6.45) is -1.50. The zero-order valence-electron chi connectivity index (χ0n) is 25.8. The summed E-state index contributed by atoms with van der Waals surface area (Å²) in [5.41, 5.74) is 8.62. The van der Waals surface area contributed by atoms with Crippen molar-refractivity contribution < 1.29 is 33.7 Å². The van der Waals surface area contributed by atoms with Crippen molar-refractivity contribution in [2.45, 2.75) is 39.6 Å². The zero-order valence-corrected chi connectivity index (χ0v) is 25.8. The fourth-order valence-corrected chi connectivity index (χ4v) is 5.85. The van der Waals surface area contributed by atoms with Crippen LogP contribution in [-0.4, -0.2) is 24.0 Å². The van der Waals surface area contributed by atoms with E-state index in [2.05, 4.69) is 0 Å². The average Bonchev–Trinajstić information content (AvgIpc) is 3.06. The minimum Gasteiger partial charge on any atom is -0.489 e. The molecule has 0 fully saturated rings. The second-order valence-corrected chi connectivity index (χ2v) is 11.1. The molecule has 7 heteroatoms. The van der Waals surface area contributed by atoms with Gasteiger partial charge < -0.3 is 19.3 Å². The summed E-state index contributed by atoms with van der Waals surface area (Å²) in [6.45, 7) is 6.88. The maximum atomic E-state index is 11.7. The van der Waals surface area contributed by atoms with E-state index >= 15 is 0 Å². The predicted octanol–water partition coefficient (Wildman–Crippen LogP) is 8.08. The van der Waals surface area contributed by atoms with E-state index in [1.807, 2.05) is 118 Å². The number of carboxylic acid groups (broad SMARTS) is 1. The molecule has 1 N–H and O–H groups in total. The summed E-state index contributed by atoms with van der Waals surface area (Å²) >= 11 is 0. The Morgan fingerprint density at radius 3 is 1.78 bits per heavy atom. The number of rotatable bonds is 13. The average molecular weight is 615 g/mol. The lowest BCUT2D eigenvalue weighted by Gasteiger charge is -2.25. The van der Waals surface area contributed by atoms with E-state index in [1.54, 1.807) is 12.1 Å². The van der Waals surface area contributed by atoms with Crippen molar-refractivity contribution in [3.63, 3.8) is 0 Å². The molecule has 0 heterocycles. The van der Waals surface area contributed by atoms with Gasteiger partial charge in [-0.3, -0.25) is 9.59 Å². The van der Waals surface area contributed by atoms with Gasteiger partial charge in [-0.05, 0) is 95.6 Å². The summed E-state index contributed by atoms with van der Waals surface area (Å²) in [6, 6.07) is 33.6. The highest BCUT2D eigenvalue weighted by atomic mass is 16.5. The third-order valence-corrected chi connectivity index (χ3v) is 7.97. The van der Waals surface area contributed by atoms with Gasteiger partial charge in [0.25, 0.3) is 12.9 Å². The molecule has 0 saturated carbocycles. The van der Waals surface area contributed by atoms with Gasteiger partial charge in [0.1, 0.15) is 12.4 Å². The lowest BCUT2D eigenvalue weighted by Crippen LogP contribution is -2.14. The molecule has 0 bridgehead atoms. The largest absolute Gasteiger partial charge is 0.489 e. The number of ether oxygens (including phenoxy) is 3. The van der Waals surface area contributed by atoms with Gasteiger partial charge in [0.2, 0.25) is 0 Å². The molecule has 2 unspecified atom stereocenters. The Labute approximate surface area is 268 Å². The van der Waals surface area contributed by atoms with Crippen LogP contribution in [0.5, 0.6) is 5.75 Å². The second-order valence-electron chi connectivity index (χ2n) is 11.1. The molecule has 0 aromatic heterocycles. The van der Waals surface area contributed by atoms with E-state index in [1.165, 1.54) is 0 Å². The van der Waals surface area contributed by atoms with Crippen LogP contribution in [0.3, 0.4) is 0 Å². The Bertz CT molecular complexity index is 1830. The van der Waals surface area contributed by atoms with Gasteiger partial charge >= 0.3 is 5.97 Å². The molecule has 46 heavy (non-hydrogen) atoms. The summed E-state index contributed by atoms with van der Waals surface area (Å²) in [5.74, 6) is -0.319. The summed E-state index contributed by atoms with van der Waals surface area (Å²) < 4.78 is 17.6. The fraction of sp³-hybridized carbons (Fsp3) is 0.154. The summed E-state index contributed by atoms with van der Waals surface area (Å²) in [7, 11) is 0. The number of benzene rings is 5. The van der Waals surface area contributed by atoms with Crippen LogP contribution >= 0.6 is 0 Å². The Hall–Kier alpha value is -5.69. The van der Waals surface area contributed by atoms with Gasteiger partial charge in [-0.25, -0.2) is 4.79 Å². The lowest BCUT2D eigenvalue weighted by molar-refractivity contribution is -0.134. The molecule has 232 valence electrons. The molecule has 2 atom stereocenters. The highest BCUT2D eigenvalue weighted by Gasteiger charge is 2.26. The van der Waals surface area contributed by atoms with E-state index in [0.29, 0.717) is 29.8 Å². The molecule has 0 aliphatic carbocycles. The Morgan fingerprint density at radius 2 is 1.24 bits per heavy atom.